The van der Waals surface area contributed by atoms with Crippen LogP contribution in [0, 0.1) is 0 Å². The van der Waals surface area contributed by atoms with E-state index < -0.39 is 22.5 Å². The Morgan fingerprint density at radius 2 is 1.05 bits per heavy atom. The number of alkyl halides is 2. The fraction of sp³-hybridized carbons (Fsp3) is 0.250. The highest BCUT2D eigenvalue weighted by atomic mass is 35.5. The third-order valence-corrected chi connectivity index (χ3v) is 9.01. The number of nitrogens with one attached hydrogen (secondary N) is 3. The number of aromatic nitrogens is 2. The smallest absolute Gasteiger partial charge is 0.407 e. The maximum absolute atomic E-state index is 13.4. The van der Waals surface area contributed by atoms with Gasteiger partial charge >= 0.3 is 6.09 Å². The molecule has 0 saturated carbocycles. The molecule has 12 heteroatoms. The fourth-order valence-electron chi connectivity index (χ4n) is 5.69. The first-order valence-corrected chi connectivity index (χ1v) is 19.0. The van der Waals surface area contributed by atoms with Crippen LogP contribution < -0.4 is 21.7 Å². The van der Waals surface area contributed by atoms with Gasteiger partial charge in [0.05, 0.1) is 16.2 Å². The van der Waals surface area contributed by atoms with E-state index in [0.717, 1.165) is 38.4 Å². The third kappa shape index (κ3) is 11.7. The Hall–Kier alpha value is -5.55. The number of pyridine rings is 2. The van der Waals surface area contributed by atoms with Crippen molar-refractivity contribution in [3.05, 3.63) is 145 Å². The number of nitrogens with two attached hydrogens (primary N) is 1. The highest BCUT2D eigenvalue weighted by molar-refractivity contribution is 6.40. The summed E-state index contributed by atoms with van der Waals surface area (Å²) in [5, 5.41) is 13.0. The molecule has 0 radical (unpaired) electrons. The number of hydrogen-bond acceptors (Lipinski definition) is 7. The zero-order valence-corrected chi connectivity index (χ0v) is 33.7. The highest BCUT2D eigenvalue weighted by Gasteiger charge is 2.36. The summed E-state index contributed by atoms with van der Waals surface area (Å²) in [6.07, 6.45) is 6.47. The molecule has 0 aliphatic carbocycles. The molecule has 6 aromatic rings. The minimum Gasteiger partial charge on any atom is -0.444 e. The first-order chi connectivity index (χ1) is 26.7. The second-order valence-electron chi connectivity index (χ2n) is 14.3. The Kier molecular flexibility index (Phi) is 15.3. The van der Waals surface area contributed by atoms with Crippen LogP contribution in [0.2, 0.25) is 0 Å². The topological polar surface area (TPSA) is 148 Å². The molecular weight excluding hydrogens is 747 g/mol. The van der Waals surface area contributed by atoms with Gasteiger partial charge in [-0.3, -0.25) is 19.6 Å². The van der Waals surface area contributed by atoms with Crippen molar-refractivity contribution < 1.29 is 19.1 Å². The van der Waals surface area contributed by atoms with Gasteiger partial charge in [-0.2, -0.15) is 0 Å². The molecular formula is C44H48Cl2N6O4. The molecule has 10 nitrogen and oxygen atoms in total. The van der Waals surface area contributed by atoms with Crippen molar-refractivity contribution in [1.82, 2.24) is 15.3 Å². The maximum atomic E-state index is 13.4. The lowest BCUT2D eigenvalue weighted by atomic mass is 9.81. The average Bonchev–Trinajstić information content (AvgIpc) is 3.20. The molecule has 3 amide bonds. The lowest BCUT2D eigenvalue weighted by Gasteiger charge is -2.30. The monoisotopic (exact) mass is 794 g/mol. The molecule has 2 atom stereocenters. The predicted molar refractivity (Wildman–Crippen MR) is 228 cm³/mol. The quantitative estimate of drug-likeness (QED) is 0.107. The van der Waals surface area contributed by atoms with E-state index in [-0.39, 0.29) is 30.2 Å². The minimum absolute atomic E-state index is 0.0925. The van der Waals surface area contributed by atoms with Gasteiger partial charge in [0.25, 0.3) is 0 Å². The normalized spacial score (nSPS) is 13.0. The number of fused-ring (bicyclic) bond motifs is 2. The van der Waals surface area contributed by atoms with Crippen molar-refractivity contribution in [3.8, 4) is 0 Å². The summed E-state index contributed by atoms with van der Waals surface area (Å²) in [5.41, 5.74) is 6.67. The number of rotatable bonds is 9. The van der Waals surface area contributed by atoms with Gasteiger partial charge in [-0.05, 0) is 92.9 Å². The SMILES string of the molecule is CC(C)(C)OC(=O)NCC(C)(C(=O)Nc1ccc2cnccc2c1)c1ccccc1.CC(CN)(C(=O)Nc1ccc2cnccc2c1)c1ccccc1.ClCCl. The molecule has 5 N–H and O–H groups in total. The van der Waals surface area contributed by atoms with E-state index in [1.165, 1.54) is 0 Å². The minimum atomic E-state index is -0.995. The van der Waals surface area contributed by atoms with Crippen molar-refractivity contribution in [2.75, 3.05) is 29.1 Å². The Balaban J connectivity index is 0.000000239. The molecule has 0 fully saturated rings. The Morgan fingerprint density at radius 3 is 1.48 bits per heavy atom. The van der Waals surface area contributed by atoms with Gasteiger partial charge in [-0.15, -0.1) is 23.2 Å². The van der Waals surface area contributed by atoms with E-state index in [4.69, 9.17) is 33.7 Å². The largest absolute Gasteiger partial charge is 0.444 e. The predicted octanol–water partition coefficient (Wildman–Crippen LogP) is 9.17. The fourth-order valence-corrected chi connectivity index (χ4v) is 5.69. The molecule has 0 aliphatic heterocycles. The number of benzene rings is 4. The summed E-state index contributed by atoms with van der Waals surface area (Å²) in [6.45, 7) is 9.39. The molecule has 2 heterocycles. The molecule has 0 saturated heterocycles. The summed E-state index contributed by atoms with van der Waals surface area (Å²) in [7, 11) is 0. The zero-order valence-electron chi connectivity index (χ0n) is 32.2. The molecule has 4 aromatic carbocycles. The van der Waals surface area contributed by atoms with E-state index in [9.17, 15) is 14.4 Å². The number of amides is 3. The van der Waals surface area contributed by atoms with E-state index in [1.54, 1.807) is 52.5 Å². The van der Waals surface area contributed by atoms with Gasteiger partial charge in [0.2, 0.25) is 11.8 Å². The van der Waals surface area contributed by atoms with Crippen molar-refractivity contribution >= 4 is 74.0 Å². The van der Waals surface area contributed by atoms with Crippen LogP contribution in [-0.4, -0.2) is 51.9 Å². The van der Waals surface area contributed by atoms with Crippen LogP contribution in [0.4, 0.5) is 16.2 Å². The summed E-state index contributed by atoms with van der Waals surface area (Å²) in [6, 6.07) is 34.2. The number of carbonyl (C=O) groups is 3. The maximum Gasteiger partial charge on any atom is 0.407 e. The summed E-state index contributed by atoms with van der Waals surface area (Å²) < 4.78 is 5.33. The Bertz CT molecular complexity index is 2220. The third-order valence-electron chi connectivity index (χ3n) is 9.01. The van der Waals surface area contributed by atoms with Crippen molar-refractivity contribution in [1.29, 1.82) is 0 Å². The van der Waals surface area contributed by atoms with E-state index >= 15 is 0 Å². The van der Waals surface area contributed by atoms with Gasteiger partial charge < -0.3 is 26.4 Å². The molecule has 6 rings (SSSR count). The summed E-state index contributed by atoms with van der Waals surface area (Å²) in [5.74, 6) is -0.335. The molecule has 56 heavy (non-hydrogen) atoms. The van der Waals surface area contributed by atoms with Crippen LogP contribution in [0.5, 0.6) is 0 Å². The second-order valence-corrected chi connectivity index (χ2v) is 15.1. The van der Waals surface area contributed by atoms with Gasteiger partial charge in [0, 0.05) is 60.0 Å². The average molecular weight is 796 g/mol. The number of hydrogen-bond donors (Lipinski definition) is 4. The van der Waals surface area contributed by atoms with Crippen molar-refractivity contribution in [2.45, 2.75) is 51.0 Å². The number of anilines is 2. The van der Waals surface area contributed by atoms with Crippen molar-refractivity contribution in [2.24, 2.45) is 5.73 Å². The standard InChI is InChI=1S/C24H27N3O3.C19H19N3O.CH2Cl2/c1-23(2,3)30-22(29)26-16-24(4,19-8-6-5-7-9-19)21(28)27-20-11-10-18-15-25-13-12-17(18)14-20;1-19(13-20,16-5-3-2-4-6-16)18(23)22-17-8-7-15-12-21-10-9-14(15)11-17;2-1-3/h5-15H,16H2,1-4H3,(H,26,29)(H,27,28);2-12H,13,20H2,1H3,(H,22,23);1H2. The lowest BCUT2D eigenvalue weighted by Crippen LogP contribution is -2.48. The molecule has 292 valence electrons. The lowest BCUT2D eigenvalue weighted by molar-refractivity contribution is -0.121. The van der Waals surface area contributed by atoms with Crippen LogP contribution in [0.1, 0.15) is 45.7 Å². The number of nitrogens with zero attached hydrogens (tertiary/aromatic N) is 2. The van der Waals surface area contributed by atoms with Gasteiger partial charge in [-0.1, -0.05) is 72.8 Å². The van der Waals surface area contributed by atoms with Crippen LogP contribution >= 0.6 is 23.2 Å². The first kappa shape index (κ1) is 43.2. The van der Waals surface area contributed by atoms with Crippen LogP contribution in [0.25, 0.3) is 21.5 Å². The zero-order chi connectivity index (χ0) is 40.8. The van der Waals surface area contributed by atoms with E-state index in [1.807, 2.05) is 116 Å². The van der Waals surface area contributed by atoms with Crippen LogP contribution in [-0.2, 0) is 25.2 Å². The molecule has 0 aliphatic rings. The molecule has 2 unspecified atom stereocenters. The van der Waals surface area contributed by atoms with Gasteiger partial charge in [0.1, 0.15) is 5.60 Å². The Labute approximate surface area is 338 Å². The first-order valence-electron chi connectivity index (χ1n) is 17.9. The van der Waals surface area contributed by atoms with Crippen LogP contribution in [0.3, 0.4) is 0 Å². The number of halogens is 2. The molecule has 0 spiro atoms. The number of ether oxygens (including phenoxy) is 1. The van der Waals surface area contributed by atoms with Crippen LogP contribution in [0.15, 0.2) is 134 Å². The number of alkyl carbamates (subject to hydrolysis) is 1. The van der Waals surface area contributed by atoms with E-state index in [0.29, 0.717) is 5.69 Å². The van der Waals surface area contributed by atoms with Crippen molar-refractivity contribution in [3.63, 3.8) is 0 Å². The number of carbonyl (C=O) groups excluding carboxylic acids is 3. The highest BCUT2D eigenvalue weighted by Crippen LogP contribution is 2.28. The van der Waals surface area contributed by atoms with E-state index in [2.05, 4.69) is 25.9 Å². The second kappa shape index (κ2) is 19.9. The van der Waals surface area contributed by atoms with Gasteiger partial charge in [0.15, 0.2) is 0 Å². The Morgan fingerprint density at radius 1 is 0.625 bits per heavy atom. The molecule has 2 aromatic heterocycles. The molecule has 0 bridgehead atoms. The van der Waals surface area contributed by atoms with Gasteiger partial charge in [-0.25, -0.2) is 4.79 Å². The summed E-state index contributed by atoms with van der Waals surface area (Å²) in [4.78, 5) is 46.5. The summed E-state index contributed by atoms with van der Waals surface area (Å²) >= 11 is 9.53.